The van der Waals surface area contributed by atoms with Gasteiger partial charge in [-0.3, -0.25) is 0 Å². The summed E-state index contributed by atoms with van der Waals surface area (Å²) in [5.74, 6) is 1.39. The average molecular weight is 422 g/mol. The first-order valence-corrected chi connectivity index (χ1v) is 9.62. The topological polar surface area (TPSA) is 82.6 Å². The highest BCUT2D eigenvalue weighted by Gasteiger charge is 2.42. The maximum Gasteiger partial charge on any atom is 0.416 e. The monoisotopic (exact) mass is 422 g/mol. The van der Waals surface area contributed by atoms with Gasteiger partial charge in [-0.15, -0.1) is 0 Å². The molecule has 1 aromatic heterocycles. The average Bonchev–Trinajstić information content (AvgIpc) is 3.21. The zero-order chi connectivity index (χ0) is 20.7. The van der Waals surface area contributed by atoms with E-state index in [0.717, 1.165) is 16.0 Å². The Morgan fingerprint density at radius 2 is 2.21 bits per heavy atom. The van der Waals surface area contributed by atoms with E-state index in [0.29, 0.717) is 36.1 Å². The Hall–Kier alpha value is -2.75. The van der Waals surface area contributed by atoms with Crippen molar-refractivity contribution >= 4 is 29.1 Å². The molecule has 154 valence electrons. The minimum Gasteiger partial charge on any atom is -0.491 e. The lowest BCUT2D eigenvalue weighted by Gasteiger charge is -2.17. The van der Waals surface area contributed by atoms with Crippen LogP contribution >= 0.6 is 12.2 Å². The van der Waals surface area contributed by atoms with Crippen LogP contribution in [0.25, 0.3) is 11.4 Å². The van der Waals surface area contributed by atoms with Crippen molar-refractivity contribution < 1.29 is 23.0 Å². The van der Waals surface area contributed by atoms with Crippen LogP contribution in [-0.2, 0) is 17.7 Å². The summed E-state index contributed by atoms with van der Waals surface area (Å²) in [6.07, 6.45) is -1.28. The summed E-state index contributed by atoms with van der Waals surface area (Å²) in [5.41, 5.74) is 7.45. The van der Waals surface area contributed by atoms with Crippen LogP contribution in [0.15, 0.2) is 24.4 Å². The van der Waals surface area contributed by atoms with Gasteiger partial charge in [0.15, 0.2) is 5.82 Å². The minimum absolute atomic E-state index is 0.0508. The Bertz CT molecular complexity index is 965. The normalized spacial score (nSPS) is 19.2. The molecule has 4 rings (SSSR count). The van der Waals surface area contributed by atoms with Crippen molar-refractivity contribution in [2.24, 2.45) is 11.7 Å². The molecule has 3 heterocycles. The minimum atomic E-state index is -2.73. The van der Waals surface area contributed by atoms with Gasteiger partial charge >= 0.3 is 6.09 Å². The number of rotatable bonds is 5. The molecule has 0 radical (unpaired) electrons. The highest BCUT2D eigenvalue weighted by molar-refractivity contribution is 7.80. The highest BCUT2D eigenvalue weighted by Crippen LogP contribution is 2.36. The van der Waals surface area contributed by atoms with Crippen LogP contribution in [0, 0.1) is 5.92 Å². The second kappa shape index (κ2) is 7.58. The van der Waals surface area contributed by atoms with E-state index >= 15 is 0 Å². The summed E-state index contributed by atoms with van der Waals surface area (Å²) < 4.78 is 39.1. The van der Waals surface area contributed by atoms with Gasteiger partial charge < -0.3 is 19.8 Å². The van der Waals surface area contributed by atoms with Crippen molar-refractivity contribution in [1.82, 2.24) is 9.55 Å². The number of ether oxygens (including phenoxy) is 2. The van der Waals surface area contributed by atoms with Crippen LogP contribution in [0.1, 0.15) is 12.5 Å². The molecule has 0 aliphatic carbocycles. The number of cyclic esters (lactones) is 1. The van der Waals surface area contributed by atoms with E-state index < -0.39 is 18.6 Å². The van der Waals surface area contributed by atoms with Crippen molar-refractivity contribution in [1.29, 1.82) is 0 Å². The lowest BCUT2D eigenvalue weighted by atomic mass is 9.99. The zero-order valence-electron chi connectivity index (χ0n) is 15.7. The number of nitrogens with zero attached hydrogens (tertiary/aromatic N) is 3. The van der Waals surface area contributed by atoms with E-state index in [9.17, 15) is 13.6 Å². The number of alkyl halides is 2. The molecule has 0 saturated carbocycles. The van der Waals surface area contributed by atoms with Crippen molar-refractivity contribution in [2.45, 2.75) is 32.4 Å². The molecule has 7 nitrogen and oxygen atoms in total. The summed E-state index contributed by atoms with van der Waals surface area (Å²) in [5, 5.41) is 0. The number of nitrogens with two attached hydrogens (primary N) is 1. The number of amides is 1. The van der Waals surface area contributed by atoms with Crippen LogP contribution in [0.3, 0.4) is 0 Å². The summed E-state index contributed by atoms with van der Waals surface area (Å²) in [4.78, 5) is 17.8. The first kappa shape index (κ1) is 19.6. The fourth-order valence-corrected chi connectivity index (χ4v) is 3.58. The molecule has 1 aromatic carbocycles. The van der Waals surface area contributed by atoms with E-state index in [-0.39, 0.29) is 18.3 Å². The van der Waals surface area contributed by atoms with E-state index in [1.165, 1.54) is 0 Å². The predicted molar refractivity (Wildman–Crippen MR) is 106 cm³/mol. The molecule has 0 spiro atoms. The third kappa shape index (κ3) is 3.64. The van der Waals surface area contributed by atoms with Gasteiger partial charge in [-0.1, -0.05) is 25.2 Å². The maximum absolute atomic E-state index is 13.3. The zero-order valence-corrected chi connectivity index (χ0v) is 16.5. The molecule has 2 aliphatic heterocycles. The number of hydrogen-bond donors (Lipinski definition) is 1. The molecule has 29 heavy (non-hydrogen) atoms. The molecule has 1 saturated heterocycles. The van der Waals surface area contributed by atoms with E-state index in [1.54, 1.807) is 10.8 Å². The van der Waals surface area contributed by atoms with Gasteiger partial charge in [0.05, 0.1) is 17.1 Å². The highest BCUT2D eigenvalue weighted by atomic mass is 32.1. The fourth-order valence-electron chi connectivity index (χ4n) is 3.49. The largest absolute Gasteiger partial charge is 0.491 e. The number of imidazole rings is 1. The van der Waals surface area contributed by atoms with Gasteiger partial charge in [0, 0.05) is 12.1 Å². The summed E-state index contributed by atoms with van der Waals surface area (Å²) in [6, 6.07) is 4.38. The number of aromatic nitrogens is 2. The van der Waals surface area contributed by atoms with Gasteiger partial charge in [-0.2, -0.15) is 0 Å². The van der Waals surface area contributed by atoms with E-state index in [1.807, 2.05) is 25.1 Å². The number of thiocarbonyl (C=S) groups is 1. The predicted octanol–water partition coefficient (Wildman–Crippen LogP) is 3.00. The molecule has 0 unspecified atom stereocenters. The maximum atomic E-state index is 13.3. The third-order valence-corrected chi connectivity index (χ3v) is 5.51. The smallest absolute Gasteiger partial charge is 0.416 e. The van der Waals surface area contributed by atoms with Crippen LogP contribution in [0.2, 0.25) is 0 Å². The number of anilines is 1. The molecular formula is C19H20F2N4O3S. The van der Waals surface area contributed by atoms with E-state index in [2.05, 4.69) is 4.98 Å². The van der Waals surface area contributed by atoms with Crippen molar-refractivity contribution in [3.05, 3.63) is 30.0 Å². The number of halogens is 2. The molecular weight excluding hydrogens is 402 g/mol. The van der Waals surface area contributed by atoms with Crippen LogP contribution in [0.4, 0.5) is 19.4 Å². The summed E-state index contributed by atoms with van der Waals surface area (Å²) in [7, 11) is 0. The fraction of sp³-hybridized carbons (Fsp3) is 0.421. The van der Waals surface area contributed by atoms with Crippen molar-refractivity contribution in [3.63, 3.8) is 0 Å². The second-order valence-electron chi connectivity index (χ2n) is 7.15. The molecule has 10 heteroatoms. The Balaban J connectivity index is 1.68. The Morgan fingerprint density at radius 3 is 2.93 bits per heavy atom. The molecule has 2 atom stereocenters. The number of hydrogen-bond acceptors (Lipinski definition) is 5. The van der Waals surface area contributed by atoms with Crippen LogP contribution < -0.4 is 15.4 Å². The van der Waals surface area contributed by atoms with E-state index in [4.69, 9.17) is 27.4 Å². The third-order valence-electron chi connectivity index (χ3n) is 5.11. The molecule has 2 N–H and O–H groups in total. The lowest BCUT2D eigenvalue weighted by molar-refractivity contribution is 0.104. The molecule has 2 aliphatic rings. The molecule has 1 fully saturated rings. The standard InChI is InChI=1S/C19H20F2N4O3S/c1-10(17(22)29)6-11-2-3-12-14(7-11)27-5-4-24-8-15(23-18(12)24)25-13(16(20)21)9-28-19(25)26/h2-3,7-8,10,13,16H,4-6,9H2,1H3,(H2,22,29)/t10-,13+/m1/s1. The Labute approximate surface area is 171 Å². The number of fused-ring (bicyclic) bond motifs is 3. The molecule has 0 bridgehead atoms. The molecule has 2 aromatic rings. The Kier molecular flexibility index (Phi) is 5.12. The first-order chi connectivity index (χ1) is 13.8. The second-order valence-corrected chi connectivity index (χ2v) is 7.62. The number of carbonyl (C=O) groups excluding carboxylic acids is 1. The quantitative estimate of drug-likeness (QED) is 0.746. The van der Waals surface area contributed by atoms with Crippen LogP contribution in [0.5, 0.6) is 5.75 Å². The summed E-state index contributed by atoms with van der Waals surface area (Å²) >= 11 is 5.04. The van der Waals surface area contributed by atoms with Gasteiger partial charge in [-0.05, 0) is 24.1 Å². The van der Waals surface area contributed by atoms with Crippen LogP contribution in [-0.4, -0.2) is 46.3 Å². The van der Waals surface area contributed by atoms with Crippen molar-refractivity contribution in [3.8, 4) is 17.1 Å². The SMILES string of the molecule is C[C@H](Cc1ccc2c(c1)OCCn1cc(N3C(=O)OC[C@H]3C(F)F)nc1-2)C(N)=S. The Morgan fingerprint density at radius 1 is 1.41 bits per heavy atom. The summed E-state index contributed by atoms with van der Waals surface area (Å²) in [6.45, 7) is 2.45. The van der Waals surface area contributed by atoms with Crippen molar-refractivity contribution in [2.75, 3.05) is 18.1 Å². The number of benzene rings is 1. The van der Waals surface area contributed by atoms with Gasteiger partial charge in [-0.25, -0.2) is 23.5 Å². The van der Waals surface area contributed by atoms with Gasteiger partial charge in [0.2, 0.25) is 0 Å². The number of carbonyl (C=O) groups is 1. The molecule has 1 amide bonds. The first-order valence-electron chi connectivity index (χ1n) is 9.22. The van der Waals surface area contributed by atoms with Gasteiger partial charge in [0.1, 0.15) is 30.8 Å². The van der Waals surface area contributed by atoms with Gasteiger partial charge in [0.25, 0.3) is 6.43 Å². The lowest BCUT2D eigenvalue weighted by Crippen LogP contribution is -2.38.